The van der Waals surface area contributed by atoms with E-state index in [1.807, 2.05) is 11.1 Å². The van der Waals surface area contributed by atoms with Crippen molar-refractivity contribution in [2.45, 2.75) is 58.2 Å². The maximum Gasteiger partial charge on any atom is 0.251 e. The number of hydrogen-bond acceptors (Lipinski definition) is 4. The van der Waals surface area contributed by atoms with E-state index in [4.69, 9.17) is 4.74 Å². The SMILES string of the molecule is CCCn1ccnc1CNC(=O)C1CCN(C(=O)[C@H]2CCCO2)CC1. The first-order valence-corrected chi connectivity index (χ1v) is 9.37. The molecule has 0 spiro atoms. The van der Waals surface area contributed by atoms with Crippen LogP contribution in [0.15, 0.2) is 12.4 Å². The standard InChI is InChI=1S/C18H28N4O3/c1-2-8-21-11-7-19-16(21)13-20-17(23)14-5-9-22(10-6-14)18(24)15-4-3-12-25-15/h7,11,14-15H,2-6,8-10,12-13H2,1H3,(H,20,23)/t15-/m1/s1. The topological polar surface area (TPSA) is 76.5 Å². The first kappa shape index (κ1) is 17.9. The fourth-order valence-corrected chi connectivity index (χ4v) is 3.60. The van der Waals surface area contributed by atoms with Gasteiger partial charge >= 0.3 is 0 Å². The third-order valence-electron chi connectivity index (χ3n) is 5.07. The quantitative estimate of drug-likeness (QED) is 0.841. The summed E-state index contributed by atoms with van der Waals surface area (Å²) < 4.78 is 7.55. The zero-order chi connectivity index (χ0) is 17.6. The third kappa shape index (κ3) is 4.39. The molecule has 0 aliphatic carbocycles. The molecule has 0 radical (unpaired) electrons. The molecule has 0 saturated carbocycles. The van der Waals surface area contributed by atoms with Crippen molar-refractivity contribution in [2.24, 2.45) is 5.92 Å². The number of carbonyl (C=O) groups is 2. The van der Waals surface area contributed by atoms with Gasteiger partial charge < -0.3 is 19.5 Å². The van der Waals surface area contributed by atoms with Crippen molar-refractivity contribution >= 4 is 11.8 Å². The van der Waals surface area contributed by atoms with Crippen LogP contribution in [0.3, 0.4) is 0 Å². The Morgan fingerprint density at radius 2 is 2.12 bits per heavy atom. The van der Waals surface area contributed by atoms with Gasteiger partial charge in [0.25, 0.3) is 5.91 Å². The number of likely N-dealkylation sites (tertiary alicyclic amines) is 1. The second-order valence-corrected chi connectivity index (χ2v) is 6.86. The van der Waals surface area contributed by atoms with Gasteiger partial charge in [-0.25, -0.2) is 4.98 Å². The number of carbonyl (C=O) groups excluding carboxylic acids is 2. The number of aryl methyl sites for hydroxylation is 1. The highest BCUT2D eigenvalue weighted by Gasteiger charge is 2.32. The van der Waals surface area contributed by atoms with Gasteiger partial charge in [-0.15, -0.1) is 0 Å². The van der Waals surface area contributed by atoms with E-state index in [1.165, 1.54) is 0 Å². The predicted octanol–water partition coefficient (Wildman–Crippen LogP) is 1.33. The van der Waals surface area contributed by atoms with Crippen molar-refractivity contribution in [3.8, 4) is 0 Å². The summed E-state index contributed by atoms with van der Waals surface area (Å²) in [5.41, 5.74) is 0. The maximum atomic E-state index is 12.4. The lowest BCUT2D eigenvalue weighted by Gasteiger charge is -2.32. The summed E-state index contributed by atoms with van der Waals surface area (Å²) in [5.74, 6) is 1.03. The molecule has 2 aliphatic rings. The van der Waals surface area contributed by atoms with Crippen LogP contribution in [0.25, 0.3) is 0 Å². The Kier molecular flexibility index (Phi) is 6.07. The van der Waals surface area contributed by atoms with Crippen LogP contribution in [0.1, 0.15) is 44.9 Å². The Morgan fingerprint density at radius 3 is 2.80 bits per heavy atom. The molecule has 3 heterocycles. The fourth-order valence-electron chi connectivity index (χ4n) is 3.60. The predicted molar refractivity (Wildman–Crippen MR) is 92.6 cm³/mol. The van der Waals surface area contributed by atoms with Crippen LogP contribution in [0.5, 0.6) is 0 Å². The first-order valence-electron chi connectivity index (χ1n) is 9.37. The molecule has 7 heteroatoms. The summed E-state index contributed by atoms with van der Waals surface area (Å²) in [4.78, 5) is 30.9. The van der Waals surface area contributed by atoms with Gasteiger partial charge in [-0.1, -0.05) is 6.92 Å². The smallest absolute Gasteiger partial charge is 0.251 e. The molecule has 1 N–H and O–H groups in total. The Hall–Kier alpha value is -1.89. The van der Waals surface area contributed by atoms with Gasteiger partial charge in [0, 0.05) is 44.6 Å². The summed E-state index contributed by atoms with van der Waals surface area (Å²) in [6.45, 7) is 5.45. The van der Waals surface area contributed by atoms with Crippen LogP contribution in [-0.4, -0.2) is 52.1 Å². The minimum atomic E-state index is -0.261. The van der Waals surface area contributed by atoms with Crippen molar-refractivity contribution in [1.29, 1.82) is 0 Å². The summed E-state index contributed by atoms with van der Waals surface area (Å²) in [6, 6.07) is 0. The highest BCUT2D eigenvalue weighted by atomic mass is 16.5. The molecule has 2 saturated heterocycles. The summed E-state index contributed by atoms with van der Waals surface area (Å²) in [6.07, 6.45) is 7.71. The number of rotatable bonds is 6. The number of ether oxygens (including phenoxy) is 1. The molecule has 1 aromatic rings. The van der Waals surface area contributed by atoms with Crippen molar-refractivity contribution < 1.29 is 14.3 Å². The molecule has 138 valence electrons. The Labute approximate surface area is 148 Å². The van der Waals surface area contributed by atoms with Gasteiger partial charge in [0.2, 0.25) is 5.91 Å². The third-order valence-corrected chi connectivity index (χ3v) is 5.07. The zero-order valence-corrected chi connectivity index (χ0v) is 14.9. The number of piperidine rings is 1. The molecule has 1 aromatic heterocycles. The lowest BCUT2D eigenvalue weighted by Crippen LogP contribution is -2.46. The molecule has 25 heavy (non-hydrogen) atoms. The van der Waals surface area contributed by atoms with E-state index in [0.717, 1.165) is 31.6 Å². The van der Waals surface area contributed by atoms with E-state index in [9.17, 15) is 9.59 Å². The normalized spacial score (nSPS) is 21.5. The average Bonchev–Trinajstić information content (AvgIpc) is 3.31. The Morgan fingerprint density at radius 1 is 1.32 bits per heavy atom. The molecule has 0 aromatic carbocycles. The number of imidazole rings is 1. The van der Waals surface area contributed by atoms with Gasteiger partial charge in [-0.05, 0) is 32.1 Å². The highest BCUT2D eigenvalue weighted by molar-refractivity contribution is 5.82. The molecule has 0 bridgehead atoms. The summed E-state index contributed by atoms with van der Waals surface area (Å²) >= 11 is 0. The van der Waals surface area contributed by atoms with Gasteiger partial charge in [0.05, 0.1) is 6.54 Å². The average molecular weight is 348 g/mol. The lowest BCUT2D eigenvalue weighted by atomic mass is 9.95. The Balaban J connectivity index is 1.43. The molecule has 2 fully saturated rings. The van der Waals surface area contributed by atoms with Crippen LogP contribution in [-0.2, 0) is 27.4 Å². The molecule has 1 atom stereocenters. The van der Waals surface area contributed by atoms with Crippen LogP contribution >= 0.6 is 0 Å². The largest absolute Gasteiger partial charge is 0.368 e. The molecule has 2 amide bonds. The molecule has 2 aliphatic heterocycles. The van der Waals surface area contributed by atoms with E-state index in [-0.39, 0.29) is 23.8 Å². The van der Waals surface area contributed by atoms with E-state index in [2.05, 4.69) is 21.8 Å². The van der Waals surface area contributed by atoms with Gasteiger partial charge in [-0.3, -0.25) is 9.59 Å². The van der Waals surface area contributed by atoms with Crippen molar-refractivity contribution in [2.75, 3.05) is 19.7 Å². The van der Waals surface area contributed by atoms with Crippen molar-refractivity contribution in [3.05, 3.63) is 18.2 Å². The first-order chi connectivity index (χ1) is 12.2. The van der Waals surface area contributed by atoms with E-state index in [0.29, 0.717) is 39.1 Å². The Bertz CT molecular complexity index is 587. The molecule has 3 rings (SSSR count). The second kappa shape index (κ2) is 8.47. The van der Waals surface area contributed by atoms with Crippen LogP contribution < -0.4 is 5.32 Å². The fraction of sp³-hybridized carbons (Fsp3) is 0.722. The number of amides is 2. The minimum absolute atomic E-state index is 0.0249. The zero-order valence-electron chi connectivity index (χ0n) is 14.9. The second-order valence-electron chi connectivity index (χ2n) is 6.86. The molecule has 7 nitrogen and oxygen atoms in total. The van der Waals surface area contributed by atoms with E-state index < -0.39 is 0 Å². The minimum Gasteiger partial charge on any atom is -0.368 e. The number of hydrogen-bond donors (Lipinski definition) is 1. The number of nitrogens with zero attached hydrogens (tertiary/aromatic N) is 3. The van der Waals surface area contributed by atoms with Crippen molar-refractivity contribution in [1.82, 2.24) is 19.8 Å². The maximum absolute atomic E-state index is 12.4. The van der Waals surface area contributed by atoms with E-state index in [1.54, 1.807) is 6.20 Å². The number of aromatic nitrogens is 2. The summed E-state index contributed by atoms with van der Waals surface area (Å²) in [5, 5.41) is 3.00. The molecular formula is C18H28N4O3. The van der Waals surface area contributed by atoms with Gasteiger partial charge in [0.15, 0.2) is 0 Å². The molecule has 0 unspecified atom stereocenters. The van der Waals surface area contributed by atoms with Gasteiger partial charge in [0.1, 0.15) is 11.9 Å². The number of nitrogens with one attached hydrogen (secondary N) is 1. The highest BCUT2D eigenvalue weighted by Crippen LogP contribution is 2.21. The molecular weight excluding hydrogens is 320 g/mol. The lowest BCUT2D eigenvalue weighted by molar-refractivity contribution is -0.143. The van der Waals surface area contributed by atoms with Gasteiger partial charge in [-0.2, -0.15) is 0 Å². The van der Waals surface area contributed by atoms with Crippen LogP contribution in [0.4, 0.5) is 0 Å². The summed E-state index contributed by atoms with van der Waals surface area (Å²) in [7, 11) is 0. The van der Waals surface area contributed by atoms with Crippen molar-refractivity contribution in [3.63, 3.8) is 0 Å². The van der Waals surface area contributed by atoms with E-state index >= 15 is 0 Å². The van der Waals surface area contributed by atoms with Crippen LogP contribution in [0.2, 0.25) is 0 Å². The van der Waals surface area contributed by atoms with Crippen LogP contribution in [0, 0.1) is 5.92 Å². The monoisotopic (exact) mass is 348 g/mol.